The maximum absolute atomic E-state index is 12.2. The SMILES string of the molecule is C[C@H](OC(=O)c1ccc2cn[nH]c2c1)C(=O)Nc1ccc(C#N)c(Cl)c1. The molecule has 3 aromatic rings. The van der Waals surface area contributed by atoms with Gasteiger partial charge in [0, 0.05) is 11.1 Å². The van der Waals surface area contributed by atoms with Gasteiger partial charge in [0.15, 0.2) is 6.10 Å². The average molecular weight is 369 g/mol. The Morgan fingerprint density at radius 1 is 1.31 bits per heavy atom. The van der Waals surface area contributed by atoms with Crippen molar-refractivity contribution < 1.29 is 14.3 Å². The zero-order valence-corrected chi connectivity index (χ0v) is 14.4. The topological polar surface area (TPSA) is 108 Å². The summed E-state index contributed by atoms with van der Waals surface area (Å²) in [7, 11) is 0. The number of rotatable bonds is 4. The Kier molecular flexibility index (Phi) is 4.87. The first-order valence-corrected chi connectivity index (χ1v) is 8.00. The number of amides is 1. The van der Waals surface area contributed by atoms with Crippen molar-refractivity contribution in [1.82, 2.24) is 10.2 Å². The number of aromatic amines is 1. The van der Waals surface area contributed by atoms with Gasteiger partial charge in [0.25, 0.3) is 5.91 Å². The summed E-state index contributed by atoms with van der Waals surface area (Å²) >= 11 is 5.93. The highest BCUT2D eigenvalue weighted by Gasteiger charge is 2.19. The molecule has 26 heavy (non-hydrogen) atoms. The number of carbonyl (C=O) groups is 2. The van der Waals surface area contributed by atoms with E-state index in [0.717, 1.165) is 5.39 Å². The lowest BCUT2D eigenvalue weighted by molar-refractivity contribution is -0.123. The molecule has 0 radical (unpaired) electrons. The van der Waals surface area contributed by atoms with E-state index in [2.05, 4.69) is 15.5 Å². The quantitative estimate of drug-likeness (QED) is 0.687. The minimum Gasteiger partial charge on any atom is -0.449 e. The highest BCUT2D eigenvalue weighted by molar-refractivity contribution is 6.32. The third-order valence-corrected chi connectivity index (χ3v) is 4.00. The average Bonchev–Trinajstić information content (AvgIpc) is 3.09. The molecule has 7 nitrogen and oxygen atoms in total. The van der Waals surface area contributed by atoms with Crippen LogP contribution in [-0.4, -0.2) is 28.2 Å². The number of nitrogens with zero attached hydrogens (tertiary/aromatic N) is 2. The third kappa shape index (κ3) is 3.66. The number of anilines is 1. The van der Waals surface area contributed by atoms with Crippen molar-refractivity contribution in [3.63, 3.8) is 0 Å². The molecule has 0 saturated heterocycles. The van der Waals surface area contributed by atoms with Crippen LogP contribution in [-0.2, 0) is 9.53 Å². The number of benzene rings is 2. The molecule has 0 unspecified atom stereocenters. The van der Waals surface area contributed by atoms with E-state index < -0.39 is 18.0 Å². The number of H-pyrrole nitrogens is 1. The summed E-state index contributed by atoms with van der Waals surface area (Å²) in [5, 5.41) is 19.2. The van der Waals surface area contributed by atoms with Crippen LogP contribution in [0.15, 0.2) is 42.6 Å². The van der Waals surface area contributed by atoms with Crippen molar-refractivity contribution in [2.75, 3.05) is 5.32 Å². The molecule has 0 bridgehead atoms. The van der Waals surface area contributed by atoms with E-state index in [1.165, 1.54) is 19.1 Å². The van der Waals surface area contributed by atoms with Gasteiger partial charge in [0.05, 0.1) is 27.9 Å². The number of halogens is 1. The van der Waals surface area contributed by atoms with E-state index in [1.807, 2.05) is 6.07 Å². The van der Waals surface area contributed by atoms with Gasteiger partial charge in [-0.3, -0.25) is 9.89 Å². The highest BCUT2D eigenvalue weighted by atomic mass is 35.5. The number of nitrogens with one attached hydrogen (secondary N) is 2. The lowest BCUT2D eigenvalue weighted by atomic mass is 10.2. The second kappa shape index (κ2) is 7.25. The summed E-state index contributed by atoms with van der Waals surface area (Å²) in [5.41, 5.74) is 1.71. The fourth-order valence-electron chi connectivity index (χ4n) is 2.27. The number of ether oxygens (including phenoxy) is 1. The second-order valence-corrected chi connectivity index (χ2v) is 5.92. The summed E-state index contributed by atoms with van der Waals surface area (Å²) in [5.74, 6) is -1.14. The second-order valence-electron chi connectivity index (χ2n) is 5.52. The first-order chi connectivity index (χ1) is 12.5. The molecule has 1 amide bonds. The van der Waals surface area contributed by atoms with E-state index in [9.17, 15) is 9.59 Å². The van der Waals surface area contributed by atoms with Crippen molar-refractivity contribution >= 4 is 40.1 Å². The Balaban J connectivity index is 1.65. The predicted octanol–water partition coefficient (Wildman–Crippen LogP) is 3.27. The van der Waals surface area contributed by atoms with E-state index in [-0.39, 0.29) is 5.02 Å². The number of nitriles is 1. The predicted molar refractivity (Wildman–Crippen MR) is 95.8 cm³/mol. The number of carbonyl (C=O) groups excluding carboxylic acids is 2. The van der Waals surface area contributed by atoms with Crippen LogP contribution in [0.1, 0.15) is 22.8 Å². The largest absolute Gasteiger partial charge is 0.449 e. The van der Waals surface area contributed by atoms with Crippen LogP contribution in [0.25, 0.3) is 10.9 Å². The van der Waals surface area contributed by atoms with Gasteiger partial charge >= 0.3 is 5.97 Å². The van der Waals surface area contributed by atoms with Gasteiger partial charge < -0.3 is 10.1 Å². The number of aromatic nitrogens is 2. The zero-order valence-electron chi connectivity index (χ0n) is 13.6. The number of fused-ring (bicyclic) bond motifs is 1. The Bertz CT molecular complexity index is 1040. The maximum Gasteiger partial charge on any atom is 0.338 e. The van der Waals surface area contributed by atoms with Gasteiger partial charge in [0.2, 0.25) is 0 Å². The standard InChI is InChI=1S/C18H13ClN4O3/c1-10(17(24)22-14-5-4-12(8-20)15(19)7-14)26-18(25)11-2-3-13-9-21-23-16(13)6-11/h2-7,9-10H,1H3,(H,21,23)(H,22,24)/t10-/m0/s1. The van der Waals surface area contributed by atoms with Crippen LogP contribution in [0.5, 0.6) is 0 Å². The van der Waals surface area contributed by atoms with Crippen molar-refractivity contribution in [2.24, 2.45) is 0 Å². The lowest BCUT2D eigenvalue weighted by Gasteiger charge is -2.14. The normalized spacial score (nSPS) is 11.6. The molecule has 1 aromatic heterocycles. The summed E-state index contributed by atoms with van der Waals surface area (Å²) in [6.07, 6.45) is 0.623. The molecule has 0 fully saturated rings. The van der Waals surface area contributed by atoms with Crippen LogP contribution in [0.3, 0.4) is 0 Å². The van der Waals surface area contributed by atoms with Crippen molar-refractivity contribution in [2.45, 2.75) is 13.0 Å². The summed E-state index contributed by atoms with van der Waals surface area (Å²) in [4.78, 5) is 24.4. The fraction of sp³-hybridized carbons (Fsp3) is 0.111. The molecule has 0 aliphatic heterocycles. The van der Waals surface area contributed by atoms with Gasteiger partial charge in [-0.25, -0.2) is 4.79 Å². The lowest BCUT2D eigenvalue weighted by Crippen LogP contribution is -2.30. The van der Waals surface area contributed by atoms with Gasteiger partial charge in [-0.2, -0.15) is 10.4 Å². The third-order valence-electron chi connectivity index (χ3n) is 3.69. The van der Waals surface area contributed by atoms with Crippen molar-refractivity contribution in [3.8, 4) is 6.07 Å². The van der Waals surface area contributed by atoms with Crippen LogP contribution in [0, 0.1) is 11.3 Å². The minimum absolute atomic E-state index is 0.225. The molecular formula is C18H13ClN4O3. The molecular weight excluding hydrogens is 356 g/mol. The maximum atomic E-state index is 12.2. The molecule has 0 saturated carbocycles. The molecule has 1 heterocycles. The molecule has 0 aliphatic rings. The van der Waals surface area contributed by atoms with Crippen LogP contribution >= 0.6 is 11.6 Å². The van der Waals surface area contributed by atoms with Crippen LogP contribution in [0.4, 0.5) is 5.69 Å². The van der Waals surface area contributed by atoms with Crippen LogP contribution < -0.4 is 5.32 Å². The van der Waals surface area contributed by atoms with Crippen LogP contribution in [0.2, 0.25) is 5.02 Å². The smallest absolute Gasteiger partial charge is 0.338 e. The molecule has 0 spiro atoms. The highest BCUT2D eigenvalue weighted by Crippen LogP contribution is 2.20. The molecule has 130 valence electrons. The van der Waals surface area contributed by atoms with E-state index >= 15 is 0 Å². The van der Waals surface area contributed by atoms with E-state index in [1.54, 1.807) is 30.5 Å². The number of hydrogen-bond donors (Lipinski definition) is 2. The summed E-state index contributed by atoms with van der Waals surface area (Å²) < 4.78 is 5.20. The molecule has 2 N–H and O–H groups in total. The first-order valence-electron chi connectivity index (χ1n) is 7.62. The van der Waals surface area contributed by atoms with E-state index in [0.29, 0.717) is 22.3 Å². The van der Waals surface area contributed by atoms with Crippen molar-refractivity contribution in [3.05, 3.63) is 58.7 Å². The molecule has 0 aliphatic carbocycles. The van der Waals surface area contributed by atoms with Crippen molar-refractivity contribution in [1.29, 1.82) is 5.26 Å². The van der Waals surface area contributed by atoms with Gasteiger partial charge in [-0.05, 0) is 37.3 Å². The Morgan fingerprint density at radius 3 is 2.85 bits per heavy atom. The molecule has 1 atom stereocenters. The molecule has 2 aromatic carbocycles. The van der Waals surface area contributed by atoms with E-state index in [4.69, 9.17) is 21.6 Å². The van der Waals surface area contributed by atoms with Gasteiger partial charge in [0.1, 0.15) is 6.07 Å². The first kappa shape index (κ1) is 17.5. The zero-order chi connectivity index (χ0) is 18.7. The summed E-state index contributed by atoms with van der Waals surface area (Å²) in [6, 6.07) is 11.4. The Morgan fingerprint density at radius 2 is 2.12 bits per heavy atom. The Hall–Kier alpha value is -3.37. The monoisotopic (exact) mass is 368 g/mol. The van der Waals surface area contributed by atoms with Gasteiger partial charge in [-0.15, -0.1) is 0 Å². The molecule has 8 heteroatoms. The van der Waals surface area contributed by atoms with Gasteiger partial charge in [-0.1, -0.05) is 17.7 Å². The Labute approximate surface area is 153 Å². The molecule has 3 rings (SSSR count). The number of hydrogen-bond acceptors (Lipinski definition) is 5. The summed E-state index contributed by atoms with van der Waals surface area (Å²) in [6.45, 7) is 1.47. The number of esters is 1. The fourth-order valence-corrected chi connectivity index (χ4v) is 2.50. The minimum atomic E-state index is -1.02.